The van der Waals surface area contributed by atoms with Crippen LogP contribution < -0.4 is 0 Å². The lowest BCUT2D eigenvalue weighted by atomic mass is 9.86. The van der Waals surface area contributed by atoms with Crippen molar-refractivity contribution in [3.8, 4) is 0 Å². The molecule has 1 saturated carbocycles. The van der Waals surface area contributed by atoms with Gasteiger partial charge in [-0.05, 0) is 43.1 Å². The van der Waals surface area contributed by atoms with E-state index in [0.717, 1.165) is 38.5 Å². The molecule has 0 bridgehead atoms. The van der Waals surface area contributed by atoms with Crippen molar-refractivity contribution in [3.05, 3.63) is 35.9 Å². The minimum absolute atomic E-state index is 0.148. The summed E-state index contributed by atoms with van der Waals surface area (Å²) < 4.78 is 16.8. The molecule has 0 spiro atoms. The van der Waals surface area contributed by atoms with Crippen LogP contribution in [0.5, 0.6) is 0 Å². The zero-order valence-corrected chi connectivity index (χ0v) is 16.2. The van der Waals surface area contributed by atoms with Crippen molar-refractivity contribution < 1.29 is 18.9 Å². The van der Waals surface area contributed by atoms with Crippen molar-refractivity contribution in [2.75, 3.05) is 0 Å². The Morgan fingerprint density at radius 3 is 2.67 bits per heavy atom. The highest BCUT2D eigenvalue weighted by molar-refractivity contribution is 7.10. The highest BCUT2D eigenvalue weighted by Gasteiger charge is 2.49. The van der Waals surface area contributed by atoms with Gasteiger partial charge < -0.3 is 18.9 Å². The largest absolute Gasteiger partial charge is 0.368 e. The predicted molar refractivity (Wildman–Crippen MR) is 100 cm³/mol. The van der Waals surface area contributed by atoms with Gasteiger partial charge in [0.25, 0.3) is 0 Å². The number of hydrogen-bond donors (Lipinski definition) is 1. The average Bonchev–Trinajstić information content (AvgIpc) is 3.12. The number of aryl methyl sites for hydroxylation is 1. The molecule has 0 aromatic heterocycles. The standard InChI is InChI=1S/C18H28O4P2/c19-18-10-15-14(17(22-24)11-16(15)20-18)9-8-13(21-23)7-6-12-4-2-1-3-5-12/h1-5,13-19H,6-11,23-24H2/t13-,14+,15+,16-,17+,18?/m0/s1. The number of benzene rings is 1. The zero-order valence-electron chi connectivity index (χ0n) is 13.9. The molecule has 0 amide bonds. The van der Waals surface area contributed by atoms with E-state index in [-0.39, 0.29) is 18.3 Å². The van der Waals surface area contributed by atoms with Crippen LogP contribution >= 0.6 is 18.9 Å². The fourth-order valence-corrected chi connectivity index (χ4v) is 4.88. The molecule has 6 heteroatoms. The average molecular weight is 370 g/mol. The zero-order chi connectivity index (χ0) is 16.9. The van der Waals surface area contributed by atoms with Crippen molar-refractivity contribution in [2.24, 2.45) is 11.8 Å². The van der Waals surface area contributed by atoms with Gasteiger partial charge in [-0.2, -0.15) is 0 Å². The highest BCUT2D eigenvalue weighted by Crippen LogP contribution is 2.46. The van der Waals surface area contributed by atoms with Crippen molar-refractivity contribution in [2.45, 2.75) is 63.1 Å². The first-order chi connectivity index (χ1) is 11.7. The van der Waals surface area contributed by atoms with Gasteiger partial charge in [0.2, 0.25) is 0 Å². The number of rotatable bonds is 8. The molecule has 1 N–H and O–H groups in total. The first kappa shape index (κ1) is 18.7. The fraction of sp³-hybridized carbons (Fsp3) is 0.667. The van der Waals surface area contributed by atoms with Gasteiger partial charge in [-0.1, -0.05) is 30.3 Å². The summed E-state index contributed by atoms with van der Waals surface area (Å²) in [5.74, 6) is 0.842. The second-order valence-electron chi connectivity index (χ2n) is 6.96. The van der Waals surface area contributed by atoms with Gasteiger partial charge in [-0.15, -0.1) is 0 Å². The Hall–Kier alpha value is -0.0800. The van der Waals surface area contributed by atoms with Crippen LogP contribution in [0.1, 0.15) is 37.7 Å². The van der Waals surface area contributed by atoms with E-state index in [1.165, 1.54) is 5.56 Å². The Labute approximate surface area is 149 Å². The van der Waals surface area contributed by atoms with Crippen molar-refractivity contribution >= 4 is 18.9 Å². The monoisotopic (exact) mass is 370 g/mol. The first-order valence-corrected chi connectivity index (χ1v) is 9.74. The quantitative estimate of drug-likeness (QED) is 0.712. The number of fused-ring (bicyclic) bond motifs is 1. The van der Waals surface area contributed by atoms with E-state index < -0.39 is 6.29 Å². The van der Waals surface area contributed by atoms with Gasteiger partial charge in [-0.25, -0.2) is 0 Å². The van der Waals surface area contributed by atoms with Crippen LogP contribution in [0.2, 0.25) is 0 Å². The number of ether oxygens (including phenoxy) is 1. The maximum Gasteiger partial charge on any atom is 0.155 e. The van der Waals surface area contributed by atoms with Crippen LogP contribution in [0, 0.1) is 11.8 Å². The van der Waals surface area contributed by atoms with Gasteiger partial charge in [0.05, 0.1) is 18.3 Å². The maximum absolute atomic E-state index is 9.75. The highest BCUT2D eigenvalue weighted by atomic mass is 31.0. The Kier molecular flexibility index (Phi) is 7.04. The lowest BCUT2D eigenvalue weighted by Gasteiger charge is -2.24. The van der Waals surface area contributed by atoms with Crippen LogP contribution in [0.15, 0.2) is 30.3 Å². The summed E-state index contributed by atoms with van der Waals surface area (Å²) in [6.45, 7) is 0. The summed E-state index contributed by atoms with van der Waals surface area (Å²) in [4.78, 5) is 0. The molecule has 1 heterocycles. The second kappa shape index (κ2) is 9.03. The maximum atomic E-state index is 9.75. The molecule has 0 radical (unpaired) electrons. The SMILES string of the molecule is OC1C[C@@H]2[C@@H](CC[C@H](CCc3ccccc3)OP)[C@H](OP)C[C@@H]2O1. The lowest BCUT2D eigenvalue weighted by molar-refractivity contribution is -0.0939. The summed E-state index contributed by atoms with van der Waals surface area (Å²) in [6.07, 6.45) is 5.69. The van der Waals surface area contributed by atoms with Gasteiger partial charge >= 0.3 is 0 Å². The summed E-state index contributed by atoms with van der Waals surface area (Å²) >= 11 is 0. The summed E-state index contributed by atoms with van der Waals surface area (Å²) in [7, 11) is 4.83. The van der Waals surface area contributed by atoms with E-state index in [2.05, 4.69) is 43.2 Å². The molecule has 1 aromatic rings. The van der Waals surface area contributed by atoms with E-state index in [1.807, 2.05) is 6.07 Å². The smallest absolute Gasteiger partial charge is 0.155 e. The second-order valence-corrected chi connectivity index (χ2v) is 7.51. The molecule has 1 aromatic carbocycles. The molecule has 24 heavy (non-hydrogen) atoms. The number of aliphatic hydroxyl groups is 1. The number of hydrogen-bond acceptors (Lipinski definition) is 4. The third kappa shape index (κ3) is 4.55. The Bertz CT molecular complexity index is 501. The third-order valence-electron chi connectivity index (χ3n) is 5.56. The first-order valence-electron chi connectivity index (χ1n) is 8.79. The molecule has 4 nitrogen and oxygen atoms in total. The molecule has 2 fully saturated rings. The lowest BCUT2D eigenvalue weighted by Crippen LogP contribution is -2.23. The van der Waals surface area contributed by atoms with Crippen molar-refractivity contribution in [1.82, 2.24) is 0 Å². The van der Waals surface area contributed by atoms with Crippen LogP contribution in [-0.2, 0) is 20.2 Å². The van der Waals surface area contributed by atoms with Crippen LogP contribution in [0.3, 0.4) is 0 Å². The van der Waals surface area contributed by atoms with Gasteiger partial charge in [0, 0.05) is 31.8 Å². The normalized spacial score (nSPS) is 33.5. The number of aliphatic hydroxyl groups excluding tert-OH is 1. The van der Waals surface area contributed by atoms with E-state index in [0.29, 0.717) is 11.8 Å². The van der Waals surface area contributed by atoms with Crippen LogP contribution in [0.4, 0.5) is 0 Å². The molecule has 3 unspecified atom stereocenters. The van der Waals surface area contributed by atoms with Crippen LogP contribution in [-0.4, -0.2) is 29.7 Å². The molecule has 8 atom stereocenters. The topological polar surface area (TPSA) is 47.9 Å². The van der Waals surface area contributed by atoms with E-state index in [9.17, 15) is 5.11 Å². The van der Waals surface area contributed by atoms with Gasteiger partial charge in [0.1, 0.15) is 0 Å². The summed E-state index contributed by atoms with van der Waals surface area (Å²) in [6, 6.07) is 10.5. The van der Waals surface area contributed by atoms with Gasteiger partial charge in [0.15, 0.2) is 6.29 Å². The fourth-order valence-electron chi connectivity index (χ4n) is 4.29. The van der Waals surface area contributed by atoms with E-state index >= 15 is 0 Å². The Morgan fingerprint density at radius 2 is 1.96 bits per heavy atom. The molecule has 2 aliphatic rings. The summed E-state index contributed by atoms with van der Waals surface area (Å²) in [5, 5.41) is 9.75. The van der Waals surface area contributed by atoms with Crippen LogP contribution in [0.25, 0.3) is 0 Å². The van der Waals surface area contributed by atoms with Crippen molar-refractivity contribution in [1.29, 1.82) is 0 Å². The summed E-state index contributed by atoms with van der Waals surface area (Å²) in [5.41, 5.74) is 1.35. The molecular weight excluding hydrogens is 342 g/mol. The third-order valence-corrected chi connectivity index (χ3v) is 6.30. The molecule has 134 valence electrons. The predicted octanol–water partition coefficient (Wildman–Crippen LogP) is 3.49. The molecule has 1 aliphatic carbocycles. The minimum atomic E-state index is -0.597. The molecule has 3 rings (SSSR count). The Balaban J connectivity index is 1.50. The molecule has 1 aliphatic heterocycles. The van der Waals surface area contributed by atoms with Gasteiger partial charge in [-0.3, -0.25) is 0 Å². The van der Waals surface area contributed by atoms with Crippen molar-refractivity contribution in [3.63, 3.8) is 0 Å². The Morgan fingerprint density at radius 1 is 1.17 bits per heavy atom. The van der Waals surface area contributed by atoms with E-state index in [1.54, 1.807) is 0 Å². The van der Waals surface area contributed by atoms with E-state index in [4.69, 9.17) is 13.8 Å². The minimum Gasteiger partial charge on any atom is -0.368 e. The molecular formula is C18H28O4P2. The molecule has 1 saturated heterocycles.